The maximum atomic E-state index is 12.7. The largest absolute Gasteiger partial charge is 0.256 e. The SMILES string of the molecule is CCCCCCCCC(F)(F)CI. The maximum absolute atomic E-state index is 12.7. The molecule has 0 aliphatic heterocycles. The van der Waals surface area contributed by atoms with E-state index in [9.17, 15) is 8.78 Å². The Morgan fingerprint density at radius 3 is 2.08 bits per heavy atom. The van der Waals surface area contributed by atoms with Crippen LogP contribution in [0.5, 0.6) is 0 Å². The lowest BCUT2D eigenvalue weighted by Gasteiger charge is -2.12. The average molecular weight is 304 g/mol. The quantitative estimate of drug-likeness (QED) is 0.343. The maximum Gasteiger partial charge on any atom is 0.256 e. The molecule has 0 radical (unpaired) electrons. The summed E-state index contributed by atoms with van der Waals surface area (Å²) in [5.41, 5.74) is 0. The Bertz CT molecular complexity index is 115. The summed E-state index contributed by atoms with van der Waals surface area (Å²) in [7, 11) is 0. The summed E-state index contributed by atoms with van der Waals surface area (Å²) in [4.78, 5) is 0. The molecule has 0 amide bonds. The van der Waals surface area contributed by atoms with Gasteiger partial charge in [0.1, 0.15) is 0 Å². The van der Waals surface area contributed by atoms with Crippen LogP contribution in [0, 0.1) is 0 Å². The number of hydrogen-bond donors (Lipinski definition) is 0. The molecule has 0 spiro atoms. The fraction of sp³-hybridized carbons (Fsp3) is 1.00. The van der Waals surface area contributed by atoms with Gasteiger partial charge in [0.15, 0.2) is 0 Å². The van der Waals surface area contributed by atoms with Crippen LogP contribution in [0.3, 0.4) is 0 Å². The van der Waals surface area contributed by atoms with Crippen molar-refractivity contribution in [2.24, 2.45) is 0 Å². The molecule has 0 bridgehead atoms. The number of rotatable bonds is 8. The van der Waals surface area contributed by atoms with E-state index in [0.717, 1.165) is 12.8 Å². The molecule has 0 atom stereocenters. The minimum absolute atomic E-state index is 0.0419. The molecule has 0 saturated carbocycles. The lowest BCUT2D eigenvalue weighted by atomic mass is 10.1. The molecule has 0 unspecified atom stereocenters. The van der Waals surface area contributed by atoms with Gasteiger partial charge >= 0.3 is 0 Å². The van der Waals surface area contributed by atoms with Crippen LogP contribution in [0.2, 0.25) is 0 Å². The molecule has 0 fully saturated rings. The van der Waals surface area contributed by atoms with Crippen molar-refractivity contribution in [3.05, 3.63) is 0 Å². The van der Waals surface area contributed by atoms with Crippen LogP contribution in [0.15, 0.2) is 0 Å². The Kier molecular flexibility index (Phi) is 8.31. The number of hydrogen-bond acceptors (Lipinski definition) is 0. The third-order valence-corrected chi connectivity index (χ3v) is 3.21. The summed E-state index contributed by atoms with van der Waals surface area (Å²) in [6.07, 6.45) is 6.48. The molecule has 13 heavy (non-hydrogen) atoms. The fourth-order valence-corrected chi connectivity index (χ4v) is 1.61. The Morgan fingerprint density at radius 1 is 1.00 bits per heavy atom. The highest BCUT2D eigenvalue weighted by Gasteiger charge is 2.25. The molecule has 0 aliphatic carbocycles. The van der Waals surface area contributed by atoms with E-state index in [1.807, 2.05) is 0 Å². The first-order chi connectivity index (χ1) is 6.12. The van der Waals surface area contributed by atoms with Gasteiger partial charge in [-0.1, -0.05) is 61.6 Å². The van der Waals surface area contributed by atoms with Crippen LogP contribution >= 0.6 is 22.6 Å². The van der Waals surface area contributed by atoms with Gasteiger partial charge in [0.2, 0.25) is 0 Å². The number of unbranched alkanes of at least 4 members (excludes halogenated alkanes) is 5. The summed E-state index contributed by atoms with van der Waals surface area (Å²) in [5.74, 6) is -2.43. The summed E-state index contributed by atoms with van der Waals surface area (Å²) in [5, 5.41) is 0. The van der Waals surface area contributed by atoms with Crippen molar-refractivity contribution in [3.63, 3.8) is 0 Å². The topological polar surface area (TPSA) is 0 Å². The Labute approximate surface area is 93.6 Å². The summed E-state index contributed by atoms with van der Waals surface area (Å²) in [6.45, 7) is 2.16. The monoisotopic (exact) mass is 304 g/mol. The van der Waals surface area contributed by atoms with E-state index in [0.29, 0.717) is 6.42 Å². The van der Waals surface area contributed by atoms with Crippen molar-refractivity contribution in [3.8, 4) is 0 Å². The lowest BCUT2D eigenvalue weighted by molar-refractivity contribution is 0.0188. The van der Waals surface area contributed by atoms with E-state index in [4.69, 9.17) is 0 Å². The first-order valence-corrected chi connectivity index (χ1v) is 6.59. The van der Waals surface area contributed by atoms with Gasteiger partial charge in [-0.05, 0) is 6.42 Å². The summed E-state index contributed by atoms with van der Waals surface area (Å²) >= 11 is 1.75. The van der Waals surface area contributed by atoms with E-state index in [-0.39, 0.29) is 10.8 Å². The van der Waals surface area contributed by atoms with Gasteiger partial charge in [-0.15, -0.1) is 0 Å². The molecule has 0 aromatic rings. The lowest BCUT2D eigenvalue weighted by Crippen LogP contribution is -2.17. The first-order valence-electron chi connectivity index (χ1n) is 5.06. The Hall–Kier alpha value is 0.590. The van der Waals surface area contributed by atoms with E-state index in [1.54, 1.807) is 22.6 Å². The second kappa shape index (κ2) is 7.94. The highest BCUT2D eigenvalue weighted by atomic mass is 127. The average Bonchev–Trinajstić information content (AvgIpc) is 2.11. The first kappa shape index (κ1) is 13.6. The zero-order chi connectivity index (χ0) is 10.2. The van der Waals surface area contributed by atoms with Gasteiger partial charge in [0.05, 0.1) is 4.43 Å². The number of halogens is 3. The second-order valence-electron chi connectivity index (χ2n) is 3.51. The fourth-order valence-electron chi connectivity index (χ4n) is 1.23. The smallest absolute Gasteiger partial charge is 0.206 e. The number of alkyl halides is 3. The van der Waals surface area contributed by atoms with Crippen LogP contribution < -0.4 is 0 Å². The molecule has 0 saturated heterocycles. The zero-order valence-electron chi connectivity index (χ0n) is 8.29. The highest BCUT2D eigenvalue weighted by Crippen LogP contribution is 2.24. The predicted molar refractivity (Wildman–Crippen MR) is 61.8 cm³/mol. The van der Waals surface area contributed by atoms with E-state index >= 15 is 0 Å². The Balaban J connectivity index is 3.16. The molecule has 0 nitrogen and oxygen atoms in total. The van der Waals surface area contributed by atoms with Gasteiger partial charge in [0.25, 0.3) is 5.92 Å². The molecule has 0 N–H and O–H groups in total. The van der Waals surface area contributed by atoms with Crippen molar-refractivity contribution >= 4 is 22.6 Å². The van der Waals surface area contributed by atoms with E-state index in [1.165, 1.54) is 19.3 Å². The van der Waals surface area contributed by atoms with Crippen LogP contribution in [-0.4, -0.2) is 10.4 Å². The molecule has 0 aromatic heterocycles. The van der Waals surface area contributed by atoms with Gasteiger partial charge in [-0.25, -0.2) is 8.78 Å². The van der Waals surface area contributed by atoms with Crippen molar-refractivity contribution in [2.75, 3.05) is 4.43 Å². The summed E-state index contributed by atoms with van der Waals surface area (Å²) in [6, 6.07) is 0. The van der Waals surface area contributed by atoms with Gasteiger partial charge in [-0.2, -0.15) is 0 Å². The van der Waals surface area contributed by atoms with Crippen LogP contribution in [-0.2, 0) is 0 Å². The predicted octanol–water partition coefficient (Wildman–Crippen LogP) is 4.81. The van der Waals surface area contributed by atoms with Gasteiger partial charge in [-0.3, -0.25) is 0 Å². The van der Waals surface area contributed by atoms with Crippen molar-refractivity contribution in [1.82, 2.24) is 0 Å². The second-order valence-corrected chi connectivity index (χ2v) is 4.27. The molecule has 0 aliphatic rings. The zero-order valence-corrected chi connectivity index (χ0v) is 10.4. The molecular formula is C10H19F2I. The molecule has 0 heterocycles. The Morgan fingerprint density at radius 2 is 1.54 bits per heavy atom. The normalized spacial score (nSPS) is 12.0. The van der Waals surface area contributed by atoms with Crippen molar-refractivity contribution < 1.29 is 8.78 Å². The van der Waals surface area contributed by atoms with Crippen LogP contribution in [0.4, 0.5) is 8.78 Å². The standard InChI is InChI=1S/C10H19F2I/c1-2-3-4-5-6-7-8-10(11,12)9-13/h2-9H2,1H3. The van der Waals surface area contributed by atoms with Crippen molar-refractivity contribution in [2.45, 2.75) is 57.8 Å². The molecule has 0 rings (SSSR count). The van der Waals surface area contributed by atoms with Gasteiger partial charge < -0.3 is 0 Å². The third-order valence-electron chi connectivity index (χ3n) is 2.09. The van der Waals surface area contributed by atoms with Crippen LogP contribution in [0.1, 0.15) is 51.9 Å². The molecule has 3 heteroatoms. The minimum Gasteiger partial charge on any atom is -0.206 e. The van der Waals surface area contributed by atoms with Crippen LogP contribution in [0.25, 0.3) is 0 Å². The molecule has 80 valence electrons. The third kappa shape index (κ3) is 8.91. The minimum atomic E-state index is -2.43. The van der Waals surface area contributed by atoms with E-state index < -0.39 is 5.92 Å². The summed E-state index contributed by atoms with van der Waals surface area (Å²) < 4.78 is 25.4. The van der Waals surface area contributed by atoms with Crippen molar-refractivity contribution in [1.29, 1.82) is 0 Å². The van der Waals surface area contributed by atoms with E-state index in [2.05, 4.69) is 6.92 Å². The molecule has 0 aromatic carbocycles. The highest BCUT2D eigenvalue weighted by molar-refractivity contribution is 14.1. The molecular weight excluding hydrogens is 285 g/mol. The van der Waals surface area contributed by atoms with Gasteiger partial charge in [0, 0.05) is 6.42 Å².